The van der Waals surface area contributed by atoms with Gasteiger partial charge in [0, 0.05) is 30.6 Å². The Morgan fingerprint density at radius 3 is 3.00 bits per heavy atom. The van der Waals surface area contributed by atoms with Crippen LogP contribution in [0.2, 0.25) is 0 Å². The van der Waals surface area contributed by atoms with Crippen molar-refractivity contribution >= 4 is 11.7 Å². The number of likely N-dealkylation sites (N-methyl/N-ethyl adjacent to an activating group) is 1. The molecule has 0 amide bonds. The molecule has 1 saturated carbocycles. The molecule has 1 N–H and O–H groups in total. The first-order valence-electron chi connectivity index (χ1n) is 10.6. The van der Waals surface area contributed by atoms with Gasteiger partial charge in [-0.15, -0.1) is 0 Å². The van der Waals surface area contributed by atoms with Crippen LogP contribution in [-0.2, 0) is 20.7 Å². The maximum absolute atomic E-state index is 13.6. The van der Waals surface area contributed by atoms with Crippen molar-refractivity contribution in [2.75, 3.05) is 38.8 Å². The van der Waals surface area contributed by atoms with Crippen LogP contribution >= 0.6 is 0 Å². The van der Waals surface area contributed by atoms with Crippen molar-refractivity contribution in [1.29, 1.82) is 0 Å². The van der Waals surface area contributed by atoms with Gasteiger partial charge < -0.3 is 19.5 Å². The number of ether oxygens (including phenoxy) is 2. The van der Waals surface area contributed by atoms with E-state index in [4.69, 9.17) is 9.47 Å². The second-order valence-corrected chi connectivity index (χ2v) is 9.47. The largest absolute Gasteiger partial charge is 0.508 e. The molecule has 29 heavy (non-hydrogen) atoms. The highest BCUT2D eigenvalue weighted by Crippen LogP contribution is 2.75. The molecular weight excluding hydrogens is 368 g/mol. The zero-order valence-electron chi connectivity index (χ0n) is 17.3. The number of piperidine rings is 2. The van der Waals surface area contributed by atoms with Gasteiger partial charge in [-0.05, 0) is 56.5 Å². The number of phenolic OH excluding ortho intramolecular Hbond substituents is 1. The fourth-order valence-corrected chi connectivity index (χ4v) is 7.97. The van der Waals surface area contributed by atoms with Gasteiger partial charge in [0.1, 0.15) is 11.2 Å². The number of fused-ring (bicyclic) bond motifs is 3. The smallest absolute Gasteiger partial charge is 0.315 e. The first kappa shape index (κ1) is 17.8. The van der Waals surface area contributed by atoms with Gasteiger partial charge in [-0.1, -0.05) is 11.6 Å². The topological polar surface area (TPSA) is 62.2 Å². The van der Waals surface area contributed by atoms with E-state index < -0.39 is 11.1 Å². The lowest BCUT2D eigenvalue weighted by Crippen LogP contribution is -2.82. The molecule has 5 bridgehead atoms. The molecule has 4 fully saturated rings. The van der Waals surface area contributed by atoms with Crippen LogP contribution in [-0.4, -0.2) is 61.6 Å². The fourth-order valence-electron chi connectivity index (χ4n) is 7.97. The van der Waals surface area contributed by atoms with Crippen molar-refractivity contribution in [2.45, 2.75) is 38.0 Å². The van der Waals surface area contributed by atoms with Gasteiger partial charge in [0.2, 0.25) is 0 Å². The number of methoxy groups -OCH3 is 1. The molecule has 0 aromatic heterocycles. The quantitative estimate of drug-likeness (QED) is 0.581. The third-order valence-corrected chi connectivity index (χ3v) is 9.00. The summed E-state index contributed by atoms with van der Waals surface area (Å²) < 4.78 is 12.3. The molecule has 0 radical (unpaired) electrons. The second kappa shape index (κ2) is 5.35. The summed E-state index contributed by atoms with van der Waals surface area (Å²) in [5.41, 5.74) is 1.92. The number of allylic oxidation sites excluding steroid dienone is 1. The highest BCUT2D eigenvalue weighted by Gasteiger charge is 2.84. The predicted molar refractivity (Wildman–Crippen MR) is 108 cm³/mol. The van der Waals surface area contributed by atoms with Crippen LogP contribution in [0, 0.1) is 16.7 Å². The summed E-state index contributed by atoms with van der Waals surface area (Å²) in [7, 11) is 3.62. The van der Waals surface area contributed by atoms with Crippen LogP contribution < -0.4 is 4.90 Å². The zero-order valence-corrected chi connectivity index (χ0v) is 17.3. The Bertz CT molecular complexity index is 960. The molecule has 0 unspecified atom stereocenters. The summed E-state index contributed by atoms with van der Waals surface area (Å²) in [6, 6.07) is 5.85. The first-order valence-corrected chi connectivity index (χ1v) is 10.6. The summed E-state index contributed by atoms with van der Waals surface area (Å²) in [6.07, 6.45) is 4.75. The maximum atomic E-state index is 13.6. The average Bonchev–Trinajstić information content (AvgIpc) is 2.95. The Hall–Kier alpha value is -2.05. The molecule has 154 valence electrons. The molecule has 1 aromatic carbocycles. The Kier molecular flexibility index (Phi) is 3.28. The molecule has 4 aliphatic heterocycles. The van der Waals surface area contributed by atoms with Gasteiger partial charge >= 0.3 is 5.97 Å². The Morgan fingerprint density at radius 1 is 1.41 bits per heavy atom. The first-order chi connectivity index (χ1) is 13.9. The van der Waals surface area contributed by atoms with Crippen LogP contribution in [0.3, 0.4) is 0 Å². The molecule has 1 aliphatic carbocycles. The lowest BCUT2D eigenvalue weighted by atomic mass is 9.41. The molecule has 6 heteroatoms. The lowest BCUT2D eigenvalue weighted by molar-refractivity contribution is -0.218. The third kappa shape index (κ3) is 1.65. The van der Waals surface area contributed by atoms with E-state index in [9.17, 15) is 9.90 Å². The molecule has 3 saturated heterocycles. The van der Waals surface area contributed by atoms with Gasteiger partial charge in [-0.2, -0.15) is 0 Å². The van der Waals surface area contributed by atoms with E-state index in [1.807, 2.05) is 12.1 Å². The Labute approximate surface area is 171 Å². The van der Waals surface area contributed by atoms with Crippen molar-refractivity contribution in [3.63, 3.8) is 0 Å². The standard InChI is InChI=1S/C23H28N2O4/c1-4-14-12-25-8-7-21-11-15-9-16(26)5-6-18(15)24(2)23(21)19(25)10-17(14)22(21,13-29-23)20(27)28-3/h4-6,9,17,19,26H,7-8,10-13H2,1-3H3/b14-4+/t17-,19-,21-,22-,23+/m0/s1. The SMILES string of the molecule is C/C=C1\CN2CC[C@@]34Cc5cc(O)ccc5N(C)[C@]35OC[C@@]4(C(=O)OC)[C@H]1C[C@H]25. The molecule has 5 aliphatic rings. The summed E-state index contributed by atoms with van der Waals surface area (Å²) >= 11 is 0. The van der Waals surface area contributed by atoms with Crippen molar-refractivity contribution in [2.24, 2.45) is 16.7 Å². The Balaban J connectivity index is 1.68. The van der Waals surface area contributed by atoms with Gasteiger partial charge in [0.25, 0.3) is 0 Å². The number of phenols is 1. The van der Waals surface area contributed by atoms with Crippen molar-refractivity contribution in [3.8, 4) is 5.75 Å². The average molecular weight is 396 g/mol. The fraction of sp³-hybridized carbons (Fsp3) is 0.609. The minimum Gasteiger partial charge on any atom is -0.508 e. The van der Waals surface area contributed by atoms with Crippen LogP contribution in [0.25, 0.3) is 0 Å². The van der Waals surface area contributed by atoms with Crippen LogP contribution in [0.4, 0.5) is 5.69 Å². The van der Waals surface area contributed by atoms with Crippen molar-refractivity contribution in [3.05, 3.63) is 35.4 Å². The zero-order chi connectivity index (χ0) is 20.2. The molecular formula is C23H28N2O4. The van der Waals surface area contributed by atoms with E-state index in [0.717, 1.165) is 43.6 Å². The number of hydrogen-bond donors (Lipinski definition) is 1. The maximum Gasteiger partial charge on any atom is 0.315 e. The summed E-state index contributed by atoms with van der Waals surface area (Å²) in [5.74, 6) is 0.284. The van der Waals surface area contributed by atoms with Crippen LogP contribution in [0.5, 0.6) is 5.75 Å². The normalized spacial score (nSPS) is 43.3. The van der Waals surface area contributed by atoms with Gasteiger partial charge in [-0.3, -0.25) is 9.69 Å². The number of hydrogen-bond acceptors (Lipinski definition) is 6. The van der Waals surface area contributed by atoms with Gasteiger partial charge in [-0.25, -0.2) is 0 Å². The van der Waals surface area contributed by atoms with Gasteiger partial charge in [0.05, 0.1) is 19.8 Å². The number of esters is 1. The molecule has 1 aromatic rings. The highest BCUT2D eigenvalue weighted by atomic mass is 16.6. The molecule has 4 heterocycles. The summed E-state index contributed by atoms with van der Waals surface area (Å²) in [4.78, 5) is 18.5. The highest BCUT2D eigenvalue weighted by molar-refractivity contribution is 5.82. The van der Waals surface area contributed by atoms with Crippen molar-refractivity contribution < 1.29 is 19.4 Å². The predicted octanol–water partition coefficient (Wildman–Crippen LogP) is 2.31. The van der Waals surface area contributed by atoms with Crippen LogP contribution in [0.1, 0.15) is 25.3 Å². The summed E-state index contributed by atoms with van der Waals surface area (Å²) in [5, 5.41) is 10.2. The molecule has 6 rings (SSSR count). The van der Waals surface area contributed by atoms with Gasteiger partial charge in [0.15, 0.2) is 5.72 Å². The van der Waals surface area contributed by atoms with E-state index in [-0.39, 0.29) is 29.1 Å². The third-order valence-electron chi connectivity index (χ3n) is 9.00. The van der Waals surface area contributed by atoms with E-state index >= 15 is 0 Å². The second-order valence-electron chi connectivity index (χ2n) is 9.47. The number of carbonyl (C=O) groups excluding carboxylic acids is 1. The van der Waals surface area contributed by atoms with E-state index in [1.54, 1.807) is 6.07 Å². The number of rotatable bonds is 1. The van der Waals surface area contributed by atoms with Crippen LogP contribution in [0.15, 0.2) is 29.8 Å². The van der Waals surface area contributed by atoms with E-state index in [2.05, 4.69) is 29.8 Å². The monoisotopic (exact) mass is 396 g/mol. The number of nitrogens with zero attached hydrogens (tertiary/aromatic N) is 2. The minimum absolute atomic E-state index is 0.130. The number of benzene rings is 1. The minimum atomic E-state index is -0.690. The number of anilines is 1. The van der Waals surface area contributed by atoms with E-state index in [1.165, 1.54) is 12.7 Å². The Morgan fingerprint density at radius 2 is 2.24 bits per heavy atom. The summed E-state index contributed by atoms with van der Waals surface area (Å²) in [6.45, 7) is 4.35. The van der Waals surface area contributed by atoms with Crippen molar-refractivity contribution in [1.82, 2.24) is 4.90 Å². The lowest BCUT2D eigenvalue weighted by Gasteiger charge is -2.71. The number of carbonyl (C=O) groups is 1. The molecule has 0 spiro atoms. The molecule has 5 atom stereocenters. The van der Waals surface area contributed by atoms with E-state index in [0.29, 0.717) is 6.61 Å². The number of aromatic hydroxyl groups is 1. The molecule has 6 nitrogen and oxygen atoms in total.